The Hall–Kier alpha value is -2.48. The fourth-order valence-corrected chi connectivity index (χ4v) is 2.86. The molecule has 0 aliphatic rings. The van der Waals surface area contributed by atoms with Crippen LogP contribution in [-0.4, -0.2) is 9.97 Å². The number of rotatable bonds is 2. The van der Waals surface area contributed by atoms with Crippen LogP contribution in [0.25, 0.3) is 22.3 Å². The lowest BCUT2D eigenvalue weighted by molar-refractivity contribution is 1.12. The average Bonchev–Trinajstić information content (AvgIpc) is 2.45. The van der Waals surface area contributed by atoms with E-state index in [1.165, 1.54) is 22.3 Å². The maximum atomic E-state index is 4.44. The molecule has 0 atom stereocenters. The van der Waals surface area contributed by atoms with Gasteiger partial charge in [0, 0.05) is 22.8 Å². The number of aryl methyl sites for hydroxylation is 4. The summed E-state index contributed by atoms with van der Waals surface area (Å²) in [6.07, 6.45) is 0. The third kappa shape index (κ3) is 3.06. The molecule has 2 heterocycles. The summed E-state index contributed by atoms with van der Waals surface area (Å²) in [6, 6.07) is 17.2. The molecule has 3 rings (SSSR count). The smallest absolute Gasteiger partial charge is 0.0382 e. The first-order chi connectivity index (χ1) is 10.5. The predicted molar refractivity (Wildman–Crippen MR) is 91.9 cm³/mol. The Morgan fingerprint density at radius 1 is 0.455 bits per heavy atom. The van der Waals surface area contributed by atoms with Gasteiger partial charge >= 0.3 is 0 Å². The van der Waals surface area contributed by atoms with Crippen LogP contribution in [0.5, 0.6) is 0 Å². The zero-order valence-electron chi connectivity index (χ0n) is 13.5. The van der Waals surface area contributed by atoms with Crippen molar-refractivity contribution in [1.82, 2.24) is 9.97 Å². The molecule has 0 aliphatic carbocycles. The van der Waals surface area contributed by atoms with Gasteiger partial charge in [0.05, 0.1) is 0 Å². The van der Waals surface area contributed by atoms with Crippen LogP contribution < -0.4 is 0 Å². The largest absolute Gasteiger partial charge is 0.258 e. The van der Waals surface area contributed by atoms with Crippen molar-refractivity contribution in [2.24, 2.45) is 0 Å². The van der Waals surface area contributed by atoms with Gasteiger partial charge in [-0.15, -0.1) is 0 Å². The molecule has 1 aromatic carbocycles. The van der Waals surface area contributed by atoms with Crippen LogP contribution >= 0.6 is 0 Å². The van der Waals surface area contributed by atoms with Crippen molar-refractivity contribution in [3.05, 3.63) is 71.3 Å². The zero-order valence-corrected chi connectivity index (χ0v) is 13.5. The van der Waals surface area contributed by atoms with Gasteiger partial charge in [0.1, 0.15) is 0 Å². The quantitative estimate of drug-likeness (QED) is 0.660. The lowest BCUT2D eigenvalue weighted by Gasteiger charge is -2.08. The predicted octanol–water partition coefficient (Wildman–Crippen LogP) is 5.04. The first kappa shape index (κ1) is 14.5. The molecular formula is C20H20N2. The molecule has 3 aromatic rings. The van der Waals surface area contributed by atoms with Gasteiger partial charge in [-0.2, -0.15) is 0 Å². The highest BCUT2D eigenvalue weighted by atomic mass is 14.7. The minimum atomic E-state index is 1.06. The second kappa shape index (κ2) is 5.72. The van der Waals surface area contributed by atoms with Crippen molar-refractivity contribution in [2.75, 3.05) is 0 Å². The van der Waals surface area contributed by atoms with E-state index in [4.69, 9.17) is 0 Å². The SMILES string of the molecule is Cc1cc(-c2ccc(-c3cc(C)nc(C)c3)cc2)cc(C)n1. The van der Waals surface area contributed by atoms with Crippen LogP contribution in [0.15, 0.2) is 48.5 Å². The van der Waals surface area contributed by atoms with E-state index in [-0.39, 0.29) is 0 Å². The van der Waals surface area contributed by atoms with Crippen molar-refractivity contribution >= 4 is 0 Å². The van der Waals surface area contributed by atoms with Gasteiger partial charge in [0.15, 0.2) is 0 Å². The number of nitrogens with zero attached hydrogens (tertiary/aromatic N) is 2. The van der Waals surface area contributed by atoms with Gasteiger partial charge in [-0.1, -0.05) is 24.3 Å². The second-order valence-electron chi connectivity index (χ2n) is 5.85. The molecule has 0 aliphatic heterocycles. The van der Waals surface area contributed by atoms with Crippen LogP contribution in [-0.2, 0) is 0 Å². The van der Waals surface area contributed by atoms with Gasteiger partial charge in [-0.25, -0.2) is 0 Å². The van der Waals surface area contributed by atoms with Crippen LogP contribution in [0.3, 0.4) is 0 Å². The van der Waals surface area contributed by atoms with E-state index in [1.54, 1.807) is 0 Å². The highest BCUT2D eigenvalue weighted by Crippen LogP contribution is 2.26. The molecule has 0 saturated carbocycles. The molecule has 0 fully saturated rings. The van der Waals surface area contributed by atoms with Crippen LogP contribution in [0.4, 0.5) is 0 Å². The fourth-order valence-electron chi connectivity index (χ4n) is 2.86. The molecule has 0 amide bonds. The first-order valence-corrected chi connectivity index (χ1v) is 7.53. The summed E-state index contributed by atoms with van der Waals surface area (Å²) >= 11 is 0. The van der Waals surface area contributed by atoms with E-state index in [2.05, 4.69) is 58.5 Å². The summed E-state index contributed by atoms with van der Waals surface area (Å²) in [4.78, 5) is 8.87. The molecule has 0 unspecified atom stereocenters. The minimum Gasteiger partial charge on any atom is -0.258 e. The maximum Gasteiger partial charge on any atom is 0.0382 e. The van der Waals surface area contributed by atoms with Crippen molar-refractivity contribution in [1.29, 1.82) is 0 Å². The average molecular weight is 288 g/mol. The first-order valence-electron chi connectivity index (χ1n) is 7.53. The molecule has 2 heteroatoms. The Morgan fingerprint density at radius 2 is 0.727 bits per heavy atom. The van der Waals surface area contributed by atoms with E-state index in [9.17, 15) is 0 Å². The molecule has 0 radical (unpaired) electrons. The number of hydrogen-bond acceptors (Lipinski definition) is 2. The van der Waals surface area contributed by atoms with Gasteiger partial charge in [0.25, 0.3) is 0 Å². The van der Waals surface area contributed by atoms with E-state index in [0.717, 1.165) is 22.8 Å². The molecule has 2 aromatic heterocycles. The van der Waals surface area contributed by atoms with Crippen LogP contribution in [0.1, 0.15) is 22.8 Å². The summed E-state index contributed by atoms with van der Waals surface area (Å²) in [5, 5.41) is 0. The summed E-state index contributed by atoms with van der Waals surface area (Å²) in [6.45, 7) is 8.14. The third-order valence-corrected chi connectivity index (χ3v) is 3.71. The van der Waals surface area contributed by atoms with Crippen molar-refractivity contribution in [2.45, 2.75) is 27.7 Å². The monoisotopic (exact) mass is 288 g/mol. The van der Waals surface area contributed by atoms with E-state index >= 15 is 0 Å². The Kier molecular flexibility index (Phi) is 3.76. The molecule has 110 valence electrons. The molecular weight excluding hydrogens is 268 g/mol. The standard InChI is InChI=1S/C20H20N2/c1-13-9-19(10-14(2)21-13)17-5-7-18(8-6-17)20-11-15(3)22-16(4)12-20/h5-12H,1-4H3. The van der Waals surface area contributed by atoms with Crippen molar-refractivity contribution in [3.8, 4) is 22.3 Å². The summed E-state index contributed by atoms with van der Waals surface area (Å²) in [5.41, 5.74) is 9.11. The normalized spacial score (nSPS) is 10.7. The summed E-state index contributed by atoms with van der Waals surface area (Å²) in [5.74, 6) is 0. The molecule has 0 N–H and O–H groups in total. The van der Waals surface area contributed by atoms with Gasteiger partial charge in [-0.3, -0.25) is 9.97 Å². The van der Waals surface area contributed by atoms with Crippen LogP contribution in [0.2, 0.25) is 0 Å². The van der Waals surface area contributed by atoms with E-state index in [0.29, 0.717) is 0 Å². The molecule has 2 nitrogen and oxygen atoms in total. The van der Waals surface area contributed by atoms with Crippen molar-refractivity contribution < 1.29 is 0 Å². The molecule has 0 spiro atoms. The lowest BCUT2D eigenvalue weighted by Crippen LogP contribution is -1.89. The van der Waals surface area contributed by atoms with Gasteiger partial charge in [-0.05, 0) is 74.2 Å². The Bertz CT molecular complexity index is 707. The molecule has 0 saturated heterocycles. The Balaban J connectivity index is 1.98. The van der Waals surface area contributed by atoms with Crippen LogP contribution in [0, 0.1) is 27.7 Å². The minimum absolute atomic E-state index is 1.06. The Labute approximate surface area is 131 Å². The summed E-state index contributed by atoms with van der Waals surface area (Å²) in [7, 11) is 0. The van der Waals surface area contributed by atoms with Gasteiger partial charge in [0.2, 0.25) is 0 Å². The maximum absolute atomic E-state index is 4.44. The third-order valence-electron chi connectivity index (χ3n) is 3.71. The number of benzene rings is 1. The van der Waals surface area contributed by atoms with Gasteiger partial charge < -0.3 is 0 Å². The molecule has 22 heavy (non-hydrogen) atoms. The number of pyridine rings is 2. The number of hydrogen-bond donors (Lipinski definition) is 0. The van der Waals surface area contributed by atoms with Crippen molar-refractivity contribution in [3.63, 3.8) is 0 Å². The highest BCUT2D eigenvalue weighted by molar-refractivity contribution is 5.71. The van der Waals surface area contributed by atoms with E-state index in [1.807, 2.05) is 27.7 Å². The zero-order chi connectivity index (χ0) is 15.7. The van der Waals surface area contributed by atoms with E-state index < -0.39 is 0 Å². The number of aromatic nitrogens is 2. The highest BCUT2D eigenvalue weighted by Gasteiger charge is 2.04. The summed E-state index contributed by atoms with van der Waals surface area (Å²) < 4.78 is 0. The Morgan fingerprint density at radius 3 is 1.00 bits per heavy atom. The second-order valence-corrected chi connectivity index (χ2v) is 5.85. The fraction of sp³-hybridized carbons (Fsp3) is 0.200. The lowest BCUT2D eigenvalue weighted by atomic mass is 9.99. The molecule has 0 bridgehead atoms. The topological polar surface area (TPSA) is 25.8 Å².